The Hall–Kier alpha value is -1.10. The smallest absolute Gasteiger partial charge is 0.323 e. The van der Waals surface area contributed by atoms with E-state index < -0.39 is 0 Å². The summed E-state index contributed by atoms with van der Waals surface area (Å²) in [5.74, 6) is -0.366. The average Bonchev–Trinajstić information content (AvgIpc) is 2.76. The van der Waals surface area contributed by atoms with Crippen LogP contribution in [-0.2, 0) is 19.1 Å². The molecule has 2 unspecified atom stereocenters. The molecule has 0 aromatic heterocycles. The Morgan fingerprint density at radius 3 is 3.00 bits per heavy atom. The first-order valence-electron chi connectivity index (χ1n) is 6.29. The van der Waals surface area contributed by atoms with E-state index in [-0.39, 0.29) is 23.9 Å². The van der Waals surface area contributed by atoms with E-state index in [9.17, 15) is 9.59 Å². The number of hydrogen-bond donors (Lipinski definition) is 0. The Labute approximate surface area is 101 Å². The summed E-state index contributed by atoms with van der Waals surface area (Å²) in [4.78, 5) is 25.2. The molecule has 5 nitrogen and oxygen atoms in total. The van der Waals surface area contributed by atoms with E-state index in [0.29, 0.717) is 19.8 Å². The van der Waals surface area contributed by atoms with Crippen molar-refractivity contribution in [1.82, 2.24) is 4.90 Å². The normalized spacial score (nSPS) is 30.1. The van der Waals surface area contributed by atoms with Crippen molar-refractivity contribution in [2.75, 3.05) is 26.3 Å². The number of carbonyl (C=O) groups excluding carboxylic acids is 2. The molecule has 0 saturated carbocycles. The second-order valence-corrected chi connectivity index (χ2v) is 4.56. The third-order valence-electron chi connectivity index (χ3n) is 3.42. The third-order valence-corrected chi connectivity index (χ3v) is 3.42. The second-order valence-electron chi connectivity index (χ2n) is 4.56. The van der Waals surface area contributed by atoms with Crippen LogP contribution in [-0.4, -0.2) is 49.2 Å². The van der Waals surface area contributed by atoms with Crippen molar-refractivity contribution in [3.8, 4) is 0 Å². The molecule has 0 aromatic rings. The first-order chi connectivity index (χ1) is 8.22. The second kappa shape index (κ2) is 5.49. The van der Waals surface area contributed by atoms with Crippen molar-refractivity contribution in [1.29, 1.82) is 0 Å². The lowest BCUT2D eigenvalue weighted by Crippen LogP contribution is -2.46. The van der Waals surface area contributed by atoms with Crippen molar-refractivity contribution in [2.24, 2.45) is 5.92 Å². The number of ether oxygens (including phenoxy) is 2. The van der Waals surface area contributed by atoms with Gasteiger partial charge in [-0.2, -0.15) is 0 Å². The van der Waals surface area contributed by atoms with E-state index in [0.717, 1.165) is 25.8 Å². The van der Waals surface area contributed by atoms with Gasteiger partial charge in [0.1, 0.15) is 6.04 Å². The van der Waals surface area contributed by atoms with Gasteiger partial charge in [-0.15, -0.1) is 0 Å². The predicted molar refractivity (Wildman–Crippen MR) is 60.3 cm³/mol. The summed E-state index contributed by atoms with van der Waals surface area (Å²) in [5.41, 5.74) is 0. The Kier molecular flexibility index (Phi) is 3.99. The van der Waals surface area contributed by atoms with Gasteiger partial charge in [0.25, 0.3) is 0 Å². The van der Waals surface area contributed by atoms with E-state index in [4.69, 9.17) is 9.47 Å². The zero-order valence-corrected chi connectivity index (χ0v) is 10.2. The van der Waals surface area contributed by atoms with Crippen LogP contribution in [0.1, 0.15) is 26.2 Å². The largest absolute Gasteiger partial charge is 0.466 e. The fourth-order valence-electron chi connectivity index (χ4n) is 2.56. The molecule has 0 aromatic carbocycles. The van der Waals surface area contributed by atoms with Gasteiger partial charge in [0.05, 0.1) is 19.1 Å². The molecule has 2 aliphatic heterocycles. The molecule has 0 amide bonds. The molecule has 2 atom stereocenters. The monoisotopic (exact) mass is 241 g/mol. The Morgan fingerprint density at radius 1 is 1.53 bits per heavy atom. The van der Waals surface area contributed by atoms with E-state index >= 15 is 0 Å². The number of likely N-dealkylation sites (tertiary alicyclic amines) is 1. The summed E-state index contributed by atoms with van der Waals surface area (Å²) in [6.45, 7) is 4.23. The van der Waals surface area contributed by atoms with Crippen molar-refractivity contribution < 1.29 is 19.1 Å². The van der Waals surface area contributed by atoms with Gasteiger partial charge < -0.3 is 9.47 Å². The van der Waals surface area contributed by atoms with Gasteiger partial charge in [-0.05, 0) is 26.3 Å². The maximum absolute atomic E-state index is 11.7. The minimum Gasteiger partial charge on any atom is -0.466 e. The fourth-order valence-corrected chi connectivity index (χ4v) is 2.56. The van der Waals surface area contributed by atoms with Crippen molar-refractivity contribution in [3.63, 3.8) is 0 Å². The molecule has 2 aliphatic rings. The zero-order chi connectivity index (χ0) is 12.3. The van der Waals surface area contributed by atoms with Gasteiger partial charge in [-0.3, -0.25) is 14.5 Å². The lowest BCUT2D eigenvalue weighted by Gasteiger charge is -2.33. The van der Waals surface area contributed by atoms with Crippen LogP contribution in [0.15, 0.2) is 0 Å². The van der Waals surface area contributed by atoms with Crippen LogP contribution in [0, 0.1) is 5.92 Å². The number of cyclic esters (lactones) is 1. The number of nitrogens with zero attached hydrogens (tertiary/aromatic N) is 1. The summed E-state index contributed by atoms with van der Waals surface area (Å²) in [6, 6.07) is -0.146. The molecule has 96 valence electrons. The molecule has 5 heteroatoms. The summed E-state index contributed by atoms with van der Waals surface area (Å²) < 4.78 is 10.0. The van der Waals surface area contributed by atoms with Crippen molar-refractivity contribution >= 4 is 11.9 Å². The lowest BCUT2D eigenvalue weighted by molar-refractivity contribution is -0.152. The van der Waals surface area contributed by atoms with E-state index in [1.54, 1.807) is 0 Å². The molecule has 2 rings (SSSR count). The van der Waals surface area contributed by atoms with Crippen molar-refractivity contribution in [2.45, 2.75) is 32.2 Å². The van der Waals surface area contributed by atoms with Crippen LogP contribution in [0.25, 0.3) is 0 Å². The van der Waals surface area contributed by atoms with Gasteiger partial charge in [0.15, 0.2) is 0 Å². The fraction of sp³-hybridized carbons (Fsp3) is 0.833. The van der Waals surface area contributed by atoms with Crippen LogP contribution < -0.4 is 0 Å². The molecule has 0 aliphatic carbocycles. The van der Waals surface area contributed by atoms with Crippen LogP contribution >= 0.6 is 0 Å². The standard InChI is InChI=1S/C12H19NO4/c1-2-16-11(14)9-4-3-6-13(8-9)10-5-7-17-12(10)15/h9-10H,2-8H2,1H3. The van der Waals surface area contributed by atoms with Gasteiger partial charge in [-0.1, -0.05) is 0 Å². The Balaban J connectivity index is 1.92. The summed E-state index contributed by atoms with van der Waals surface area (Å²) in [7, 11) is 0. The van der Waals surface area contributed by atoms with Crippen LogP contribution in [0.4, 0.5) is 0 Å². The SMILES string of the molecule is CCOC(=O)C1CCCN(C2CCOC2=O)C1. The molecule has 0 radical (unpaired) electrons. The topological polar surface area (TPSA) is 55.8 Å². The maximum atomic E-state index is 11.7. The van der Waals surface area contributed by atoms with E-state index in [1.807, 2.05) is 6.92 Å². The van der Waals surface area contributed by atoms with Crippen LogP contribution in [0.3, 0.4) is 0 Å². The molecule has 0 bridgehead atoms. The van der Waals surface area contributed by atoms with Gasteiger partial charge in [0.2, 0.25) is 0 Å². The molecule has 0 N–H and O–H groups in total. The molecule has 2 saturated heterocycles. The van der Waals surface area contributed by atoms with E-state index in [1.165, 1.54) is 0 Å². The molecule has 17 heavy (non-hydrogen) atoms. The number of esters is 2. The first kappa shape index (κ1) is 12.4. The highest BCUT2D eigenvalue weighted by molar-refractivity contribution is 5.78. The summed E-state index contributed by atoms with van der Waals surface area (Å²) >= 11 is 0. The first-order valence-corrected chi connectivity index (χ1v) is 6.29. The Morgan fingerprint density at radius 2 is 2.35 bits per heavy atom. The highest BCUT2D eigenvalue weighted by atomic mass is 16.5. The van der Waals surface area contributed by atoms with Gasteiger partial charge in [0, 0.05) is 13.0 Å². The third kappa shape index (κ3) is 2.77. The minimum atomic E-state index is -0.146. The Bertz CT molecular complexity index is 305. The molecule has 2 heterocycles. The van der Waals surface area contributed by atoms with Crippen molar-refractivity contribution in [3.05, 3.63) is 0 Å². The number of carbonyl (C=O) groups is 2. The highest BCUT2D eigenvalue weighted by Gasteiger charge is 2.37. The number of piperidine rings is 1. The minimum absolute atomic E-state index is 0.0860. The summed E-state index contributed by atoms with van der Waals surface area (Å²) in [6.07, 6.45) is 2.54. The van der Waals surface area contributed by atoms with Crippen LogP contribution in [0.5, 0.6) is 0 Å². The average molecular weight is 241 g/mol. The maximum Gasteiger partial charge on any atom is 0.323 e. The molecule has 0 spiro atoms. The lowest BCUT2D eigenvalue weighted by atomic mass is 9.96. The van der Waals surface area contributed by atoms with E-state index in [2.05, 4.69) is 4.90 Å². The zero-order valence-electron chi connectivity index (χ0n) is 10.2. The molecular formula is C12H19NO4. The predicted octanol–water partition coefficient (Wildman–Crippen LogP) is 0.577. The number of rotatable bonds is 3. The van der Waals surface area contributed by atoms with Gasteiger partial charge >= 0.3 is 11.9 Å². The quantitative estimate of drug-likeness (QED) is 0.676. The highest BCUT2D eigenvalue weighted by Crippen LogP contribution is 2.23. The number of hydrogen-bond acceptors (Lipinski definition) is 5. The molecular weight excluding hydrogens is 222 g/mol. The summed E-state index contributed by atoms with van der Waals surface area (Å²) in [5, 5.41) is 0. The van der Waals surface area contributed by atoms with Crippen LogP contribution in [0.2, 0.25) is 0 Å². The molecule has 2 fully saturated rings. The van der Waals surface area contributed by atoms with Gasteiger partial charge in [-0.25, -0.2) is 0 Å².